The van der Waals surface area contributed by atoms with Gasteiger partial charge in [0.05, 0.1) is 5.69 Å². The van der Waals surface area contributed by atoms with Gasteiger partial charge in [0.25, 0.3) is 0 Å². The third-order valence-corrected chi connectivity index (χ3v) is 6.26. The number of nitrogens with zero attached hydrogens (tertiary/aromatic N) is 4. The first-order valence-electron chi connectivity index (χ1n) is 10.1. The summed E-state index contributed by atoms with van der Waals surface area (Å²) in [5, 5.41) is 10.2. The molecule has 0 atom stereocenters. The Morgan fingerprint density at radius 3 is 2.71 bits per heavy atom. The Balaban J connectivity index is 1.16. The summed E-state index contributed by atoms with van der Waals surface area (Å²) in [6.07, 6.45) is 4.78. The standard InChI is InChI=1S/C21H25ClN4O2/c1-25(13-19-18-10-15(22)4-5-20(18)27-24-19)17-6-8-26(9-7-17)12-16-11-21(28-23-16)14-2-3-14/h4-5,10-11,14,17H,2-3,6-9,12-13H2,1H3. The molecule has 2 fully saturated rings. The first-order valence-corrected chi connectivity index (χ1v) is 10.5. The van der Waals surface area contributed by atoms with Crippen molar-refractivity contribution in [1.29, 1.82) is 0 Å². The van der Waals surface area contributed by atoms with Gasteiger partial charge in [-0.3, -0.25) is 9.80 Å². The summed E-state index contributed by atoms with van der Waals surface area (Å²) in [6.45, 7) is 3.81. The number of likely N-dealkylation sites (tertiary alicyclic amines) is 1. The number of rotatable bonds is 6. The van der Waals surface area contributed by atoms with Crippen LogP contribution in [0.4, 0.5) is 0 Å². The van der Waals surface area contributed by atoms with Gasteiger partial charge in [-0.1, -0.05) is 21.9 Å². The van der Waals surface area contributed by atoms with Crippen molar-refractivity contribution < 1.29 is 9.05 Å². The molecule has 0 bridgehead atoms. The maximum Gasteiger partial charge on any atom is 0.167 e. The highest BCUT2D eigenvalue weighted by Gasteiger charge is 2.29. The smallest absolute Gasteiger partial charge is 0.167 e. The highest BCUT2D eigenvalue weighted by Crippen LogP contribution is 2.40. The van der Waals surface area contributed by atoms with Gasteiger partial charge in [0, 0.05) is 54.6 Å². The fraction of sp³-hybridized carbons (Fsp3) is 0.524. The predicted octanol–water partition coefficient (Wildman–Crippen LogP) is 4.44. The van der Waals surface area contributed by atoms with E-state index in [9.17, 15) is 0 Å². The van der Waals surface area contributed by atoms with Gasteiger partial charge < -0.3 is 9.05 Å². The van der Waals surface area contributed by atoms with Gasteiger partial charge in [-0.2, -0.15) is 0 Å². The molecule has 0 spiro atoms. The quantitative estimate of drug-likeness (QED) is 0.609. The van der Waals surface area contributed by atoms with Crippen molar-refractivity contribution in [2.45, 2.75) is 50.7 Å². The van der Waals surface area contributed by atoms with Gasteiger partial charge in [-0.15, -0.1) is 0 Å². The molecule has 1 saturated carbocycles. The molecule has 148 valence electrons. The largest absolute Gasteiger partial charge is 0.361 e. The molecule has 7 heteroatoms. The van der Waals surface area contributed by atoms with Gasteiger partial charge >= 0.3 is 0 Å². The lowest BCUT2D eigenvalue weighted by molar-refractivity contribution is 0.116. The number of hydrogen-bond acceptors (Lipinski definition) is 6. The first-order chi connectivity index (χ1) is 13.7. The lowest BCUT2D eigenvalue weighted by Gasteiger charge is -2.36. The van der Waals surface area contributed by atoms with Crippen molar-refractivity contribution in [1.82, 2.24) is 20.1 Å². The van der Waals surface area contributed by atoms with E-state index in [1.54, 1.807) is 0 Å². The van der Waals surface area contributed by atoms with Crippen LogP contribution in [0.1, 0.15) is 48.7 Å². The van der Waals surface area contributed by atoms with E-state index in [1.807, 2.05) is 18.2 Å². The molecular weight excluding hydrogens is 376 g/mol. The van der Waals surface area contributed by atoms with Crippen LogP contribution in [0.25, 0.3) is 11.0 Å². The Labute approximate surface area is 169 Å². The molecule has 1 aromatic carbocycles. The minimum absolute atomic E-state index is 0.543. The van der Waals surface area contributed by atoms with Gasteiger partial charge in [-0.05, 0) is 50.9 Å². The maximum atomic E-state index is 6.14. The Morgan fingerprint density at radius 2 is 1.93 bits per heavy atom. The highest BCUT2D eigenvalue weighted by molar-refractivity contribution is 6.31. The van der Waals surface area contributed by atoms with Crippen LogP contribution >= 0.6 is 11.6 Å². The summed E-state index contributed by atoms with van der Waals surface area (Å²) in [6, 6.07) is 8.34. The Bertz CT molecular complexity index is 956. The van der Waals surface area contributed by atoms with Crippen molar-refractivity contribution in [2.75, 3.05) is 20.1 Å². The van der Waals surface area contributed by atoms with E-state index in [2.05, 4.69) is 33.2 Å². The second-order valence-corrected chi connectivity index (χ2v) is 8.62. The van der Waals surface area contributed by atoms with Gasteiger partial charge in [0.1, 0.15) is 11.5 Å². The fourth-order valence-electron chi connectivity index (χ4n) is 4.15. The zero-order chi connectivity index (χ0) is 19.1. The molecule has 1 aliphatic heterocycles. The van der Waals surface area contributed by atoms with Crippen LogP contribution in [0.15, 0.2) is 33.3 Å². The molecule has 0 unspecified atom stereocenters. The molecule has 0 amide bonds. The summed E-state index contributed by atoms with van der Waals surface area (Å²) < 4.78 is 10.9. The van der Waals surface area contributed by atoms with E-state index in [-0.39, 0.29) is 0 Å². The van der Waals surface area contributed by atoms with Gasteiger partial charge in [0.2, 0.25) is 0 Å². The zero-order valence-corrected chi connectivity index (χ0v) is 16.9. The molecule has 0 N–H and O–H groups in total. The first kappa shape index (κ1) is 18.2. The summed E-state index contributed by atoms with van der Waals surface area (Å²) >= 11 is 6.14. The second kappa shape index (κ2) is 7.50. The maximum absolute atomic E-state index is 6.14. The van der Waals surface area contributed by atoms with E-state index in [0.717, 1.165) is 67.1 Å². The molecule has 6 nitrogen and oxygen atoms in total. The fourth-order valence-corrected chi connectivity index (χ4v) is 4.32. The normalized spacial score (nSPS) is 19.1. The van der Waals surface area contributed by atoms with Gasteiger partial charge in [-0.25, -0.2) is 0 Å². The highest BCUT2D eigenvalue weighted by atomic mass is 35.5. The SMILES string of the molecule is CN(Cc1noc2ccc(Cl)cc12)C1CCN(Cc2cc(C3CC3)on2)CC1. The minimum atomic E-state index is 0.543. The van der Waals surface area contributed by atoms with Gasteiger partial charge in [0.15, 0.2) is 5.58 Å². The Hall–Kier alpha value is -1.89. The third kappa shape index (κ3) is 3.81. The molecule has 0 radical (unpaired) electrons. The summed E-state index contributed by atoms with van der Waals surface area (Å²) in [4.78, 5) is 4.86. The molecule has 2 aliphatic rings. The van der Waals surface area contributed by atoms with Crippen LogP contribution < -0.4 is 0 Å². The lowest BCUT2D eigenvalue weighted by atomic mass is 10.0. The number of hydrogen-bond donors (Lipinski definition) is 0. The average molecular weight is 401 g/mol. The zero-order valence-electron chi connectivity index (χ0n) is 16.1. The number of aromatic nitrogens is 2. The van der Waals surface area contributed by atoms with E-state index in [0.29, 0.717) is 17.0 Å². The molecule has 28 heavy (non-hydrogen) atoms. The van der Waals surface area contributed by atoms with Crippen LogP contribution in [-0.4, -0.2) is 46.3 Å². The number of piperidine rings is 1. The van der Waals surface area contributed by atoms with Crippen LogP contribution in [0.3, 0.4) is 0 Å². The Kier molecular flexibility index (Phi) is 4.87. The Morgan fingerprint density at radius 1 is 1.11 bits per heavy atom. The molecule has 5 rings (SSSR count). The molecule has 1 aliphatic carbocycles. The number of fused-ring (bicyclic) bond motifs is 1. The second-order valence-electron chi connectivity index (χ2n) is 8.19. The van der Waals surface area contributed by atoms with Crippen molar-refractivity contribution >= 4 is 22.6 Å². The average Bonchev–Trinajstić information content (AvgIpc) is 3.33. The molecule has 2 aromatic heterocycles. The molecular formula is C21H25ClN4O2. The van der Waals surface area contributed by atoms with Crippen LogP contribution in [0.2, 0.25) is 5.02 Å². The number of benzene rings is 1. The van der Waals surface area contributed by atoms with Crippen molar-refractivity contribution in [2.24, 2.45) is 0 Å². The topological polar surface area (TPSA) is 58.5 Å². The summed E-state index contributed by atoms with van der Waals surface area (Å²) in [5.41, 5.74) is 2.82. The summed E-state index contributed by atoms with van der Waals surface area (Å²) in [7, 11) is 2.17. The third-order valence-electron chi connectivity index (χ3n) is 6.03. The monoisotopic (exact) mass is 400 g/mol. The minimum Gasteiger partial charge on any atom is -0.361 e. The lowest BCUT2D eigenvalue weighted by Crippen LogP contribution is -2.42. The van der Waals surface area contributed by atoms with Crippen molar-refractivity contribution in [3.05, 3.63) is 46.4 Å². The molecule has 1 saturated heterocycles. The summed E-state index contributed by atoms with van der Waals surface area (Å²) in [5.74, 6) is 1.70. The molecule has 3 heterocycles. The van der Waals surface area contributed by atoms with Crippen molar-refractivity contribution in [3.8, 4) is 0 Å². The van der Waals surface area contributed by atoms with E-state index >= 15 is 0 Å². The van der Waals surface area contributed by atoms with E-state index in [4.69, 9.17) is 20.6 Å². The van der Waals surface area contributed by atoms with Crippen LogP contribution in [0, 0.1) is 0 Å². The van der Waals surface area contributed by atoms with E-state index in [1.165, 1.54) is 12.8 Å². The van der Waals surface area contributed by atoms with Crippen LogP contribution in [-0.2, 0) is 13.1 Å². The molecule has 3 aromatic rings. The number of halogens is 1. The van der Waals surface area contributed by atoms with E-state index < -0.39 is 0 Å². The van der Waals surface area contributed by atoms with Crippen LogP contribution in [0.5, 0.6) is 0 Å². The van der Waals surface area contributed by atoms with Crippen molar-refractivity contribution in [3.63, 3.8) is 0 Å². The predicted molar refractivity (Wildman–Crippen MR) is 107 cm³/mol.